The first-order valence-corrected chi connectivity index (χ1v) is 7.53. The van der Waals surface area contributed by atoms with Crippen molar-refractivity contribution in [3.63, 3.8) is 0 Å². The molecule has 7 heteroatoms. The summed E-state index contributed by atoms with van der Waals surface area (Å²) in [4.78, 5) is 0. The van der Waals surface area contributed by atoms with Crippen LogP contribution < -0.4 is 5.32 Å². The molecule has 2 aliphatic heterocycles. The Bertz CT molecular complexity index is 355. The summed E-state index contributed by atoms with van der Waals surface area (Å²) in [6, 6.07) is -0.212. The predicted molar refractivity (Wildman–Crippen MR) is 60.2 cm³/mol. The van der Waals surface area contributed by atoms with Crippen LogP contribution in [-0.2, 0) is 10.0 Å². The van der Waals surface area contributed by atoms with Crippen molar-refractivity contribution in [3.8, 4) is 0 Å². The summed E-state index contributed by atoms with van der Waals surface area (Å²) in [7, 11) is -4.40. The molecule has 1 unspecified atom stereocenters. The van der Waals surface area contributed by atoms with E-state index in [1.54, 1.807) is 0 Å². The number of hydrogen-bond donors (Lipinski definition) is 1. The second-order valence-corrected chi connectivity index (χ2v) is 6.57. The van der Waals surface area contributed by atoms with Crippen molar-refractivity contribution in [2.24, 2.45) is 5.92 Å². The lowest BCUT2D eigenvalue weighted by Gasteiger charge is -2.33. The van der Waals surface area contributed by atoms with Crippen molar-refractivity contribution in [1.82, 2.24) is 9.62 Å². The summed E-state index contributed by atoms with van der Waals surface area (Å²) >= 11 is 0. The zero-order chi connectivity index (χ0) is 12.5. The molecule has 2 aliphatic rings. The van der Waals surface area contributed by atoms with E-state index < -0.39 is 15.8 Å². The SMILES string of the molecule is O=S(=O)(C(F)F)N1CCCC1C1CCNCC1. The van der Waals surface area contributed by atoms with Gasteiger partial charge in [0.2, 0.25) is 0 Å². The standard InChI is InChI=1S/C10H18F2N2O2S/c11-10(12)17(15,16)14-7-1-2-9(14)8-3-5-13-6-4-8/h8-10,13H,1-7H2. The Balaban J connectivity index is 2.11. The molecule has 0 saturated carbocycles. The topological polar surface area (TPSA) is 49.4 Å². The average Bonchev–Trinajstić information content (AvgIpc) is 2.79. The van der Waals surface area contributed by atoms with E-state index in [9.17, 15) is 17.2 Å². The van der Waals surface area contributed by atoms with Crippen LogP contribution in [0, 0.1) is 5.92 Å². The Morgan fingerprint density at radius 1 is 1.18 bits per heavy atom. The van der Waals surface area contributed by atoms with Crippen LogP contribution in [0.25, 0.3) is 0 Å². The Morgan fingerprint density at radius 3 is 2.41 bits per heavy atom. The van der Waals surface area contributed by atoms with Gasteiger partial charge in [-0.1, -0.05) is 0 Å². The molecule has 2 saturated heterocycles. The highest BCUT2D eigenvalue weighted by Crippen LogP contribution is 2.33. The molecule has 2 fully saturated rings. The Kier molecular flexibility index (Phi) is 3.99. The summed E-state index contributed by atoms with van der Waals surface area (Å²) in [5.41, 5.74) is 0. The van der Waals surface area contributed by atoms with Crippen molar-refractivity contribution >= 4 is 10.0 Å². The van der Waals surface area contributed by atoms with Gasteiger partial charge in [0.05, 0.1) is 0 Å². The number of piperidine rings is 1. The third-order valence-corrected chi connectivity index (χ3v) is 5.29. The van der Waals surface area contributed by atoms with Crippen LogP contribution in [0.1, 0.15) is 25.7 Å². The maximum atomic E-state index is 12.6. The van der Waals surface area contributed by atoms with Gasteiger partial charge in [-0.25, -0.2) is 8.42 Å². The van der Waals surface area contributed by atoms with E-state index in [0.29, 0.717) is 6.42 Å². The molecule has 100 valence electrons. The van der Waals surface area contributed by atoms with Crippen molar-refractivity contribution in [3.05, 3.63) is 0 Å². The molecule has 0 aromatic rings. The first kappa shape index (κ1) is 13.2. The zero-order valence-electron chi connectivity index (χ0n) is 9.61. The minimum absolute atomic E-state index is 0.212. The van der Waals surface area contributed by atoms with E-state index in [4.69, 9.17) is 0 Å². The van der Waals surface area contributed by atoms with Crippen molar-refractivity contribution < 1.29 is 17.2 Å². The first-order valence-electron chi connectivity index (χ1n) is 6.03. The van der Waals surface area contributed by atoms with Crippen LogP contribution in [0.2, 0.25) is 0 Å². The first-order chi connectivity index (χ1) is 8.03. The largest absolute Gasteiger partial charge is 0.350 e. The number of rotatable bonds is 3. The van der Waals surface area contributed by atoms with Gasteiger partial charge in [0.1, 0.15) is 0 Å². The van der Waals surface area contributed by atoms with E-state index in [-0.39, 0.29) is 18.5 Å². The lowest BCUT2D eigenvalue weighted by Crippen LogP contribution is -2.45. The van der Waals surface area contributed by atoms with Crippen molar-refractivity contribution in [2.45, 2.75) is 37.5 Å². The third kappa shape index (κ3) is 2.61. The van der Waals surface area contributed by atoms with Gasteiger partial charge >= 0.3 is 5.76 Å². The van der Waals surface area contributed by atoms with Crippen LogP contribution in [0.5, 0.6) is 0 Å². The molecule has 2 rings (SSSR count). The number of halogens is 2. The van der Waals surface area contributed by atoms with E-state index >= 15 is 0 Å². The lowest BCUT2D eigenvalue weighted by atomic mass is 9.89. The molecule has 2 heterocycles. The molecule has 0 radical (unpaired) electrons. The molecular formula is C10H18F2N2O2S. The maximum Gasteiger partial charge on any atom is 0.350 e. The van der Waals surface area contributed by atoms with Gasteiger partial charge in [0, 0.05) is 12.6 Å². The summed E-state index contributed by atoms with van der Waals surface area (Å²) in [5.74, 6) is -3.06. The van der Waals surface area contributed by atoms with Gasteiger partial charge in [-0.05, 0) is 44.7 Å². The number of nitrogens with zero attached hydrogens (tertiary/aromatic N) is 1. The maximum absolute atomic E-state index is 12.6. The van der Waals surface area contributed by atoms with E-state index in [1.165, 1.54) is 0 Å². The third-order valence-electron chi connectivity index (χ3n) is 3.73. The number of alkyl halides is 2. The molecule has 0 spiro atoms. The molecular weight excluding hydrogens is 250 g/mol. The molecule has 1 atom stereocenters. The van der Waals surface area contributed by atoms with E-state index in [2.05, 4.69) is 5.32 Å². The monoisotopic (exact) mass is 268 g/mol. The van der Waals surface area contributed by atoms with Gasteiger partial charge in [0.15, 0.2) is 0 Å². The summed E-state index contributed by atoms with van der Waals surface area (Å²) in [5, 5.41) is 3.20. The summed E-state index contributed by atoms with van der Waals surface area (Å²) < 4.78 is 49.3. The molecule has 4 nitrogen and oxygen atoms in total. The average molecular weight is 268 g/mol. The number of sulfonamides is 1. The van der Waals surface area contributed by atoms with E-state index in [1.807, 2.05) is 0 Å². The summed E-state index contributed by atoms with van der Waals surface area (Å²) in [6.45, 7) is 1.95. The molecule has 0 amide bonds. The van der Waals surface area contributed by atoms with Gasteiger partial charge in [-0.3, -0.25) is 0 Å². The molecule has 0 aliphatic carbocycles. The smallest absolute Gasteiger partial charge is 0.317 e. The summed E-state index contributed by atoms with van der Waals surface area (Å²) in [6.07, 6.45) is 3.16. The fourth-order valence-corrected chi connectivity index (χ4v) is 4.13. The minimum Gasteiger partial charge on any atom is -0.317 e. The fraction of sp³-hybridized carbons (Fsp3) is 1.00. The number of nitrogens with one attached hydrogen (secondary N) is 1. The highest BCUT2D eigenvalue weighted by molar-refractivity contribution is 7.89. The van der Waals surface area contributed by atoms with Crippen molar-refractivity contribution in [2.75, 3.05) is 19.6 Å². The van der Waals surface area contributed by atoms with Crippen LogP contribution >= 0.6 is 0 Å². The highest BCUT2D eigenvalue weighted by atomic mass is 32.2. The van der Waals surface area contributed by atoms with E-state index in [0.717, 1.165) is 36.7 Å². The van der Waals surface area contributed by atoms with Gasteiger partial charge in [-0.2, -0.15) is 13.1 Å². The normalized spacial score (nSPS) is 29.0. The second kappa shape index (κ2) is 5.16. The number of hydrogen-bond acceptors (Lipinski definition) is 3. The van der Waals surface area contributed by atoms with Crippen LogP contribution in [0.4, 0.5) is 8.78 Å². The highest BCUT2D eigenvalue weighted by Gasteiger charge is 2.42. The fourth-order valence-electron chi connectivity index (χ4n) is 2.88. The van der Waals surface area contributed by atoms with Crippen LogP contribution in [-0.4, -0.2) is 44.2 Å². The van der Waals surface area contributed by atoms with Crippen LogP contribution in [0.3, 0.4) is 0 Å². The van der Waals surface area contributed by atoms with Gasteiger partial charge < -0.3 is 5.32 Å². The molecule has 1 N–H and O–H groups in total. The minimum atomic E-state index is -4.40. The quantitative estimate of drug-likeness (QED) is 0.831. The van der Waals surface area contributed by atoms with Gasteiger partial charge in [-0.15, -0.1) is 0 Å². The second-order valence-electron chi connectivity index (χ2n) is 4.71. The molecule has 0 aromatic carbocycles. The van der Waals surface area contributed by atoms with Gasteiger partial charge in [0.25, 0.3) is 10.0 Å². The zero-order valence-corrected chi connectivity index (χ0v) is 10.4. The Morgan fingerprint density at radius 2 is 1.82 bits per heavy atom. The lowest BCUT2D eigenvalue weighted by molar-refractivity contribution is 0.194. The Labute approximate surface area is 100 Å². The Hall–Kier alpha value is -0.270. The predicted octanol–water partition coefficient (Wildman–Crippen LogP) is 1.00. The molecule has 17 heavy (non-hydrogen) atoms. The molecule has 0 bridgehead atoms. The van der Waals surface area contributed by atoms with Crippen molar-refractivity contribution in [1.29, 1.82) is 0 Å². The van der Waals surface area contributed by atoms with Crippen LogP contribution in [0.15, 0.2) is 0 Å². The molecule has 0 aromatic heterocycles.